The first-order chi connectivity index (χ1) is 9.49. The van der Waals surface area contributed by atoms with Crippen molar-refractivity contribution in [3.63, 3.8) is 0 Å². The van der Waals surface area contributed by atoms with Crippen LogP contribution in [0.25, 0.3) is 0 Å². The molecule has 0 bridgehead atoms. The average molecular weight is 333 g/mol. The van der Waals surface area contributed by atoms with Gasteiger partial charge in [0.1, 0.15) is 0 Å². The van der Waals surface area contributed by atoms with Gasteiger partial charge in [0.2, 0.25) is 5.91 Å². The zero-order valence-corrected chi connectivity index (χ0v) is 12.4. The van der Waals surface area contributed by atoms with Crippen LogP contribution in [0.15, 0.2) is 46.9 Å². The Hall–Kier alpha value is -2.14. The molecule has 0 radical (unpaired) electrons. The molecule has 0 aliphatic rings. The van der Waals surface area contributed by atoms with Crippen LogP contribution in [0.1, 0.15) is 26.3 Å². The summed E-state index contributed by atoms with van der Waals surface area (Å²) in [5.41, 5.74) is 7.59. The quantitative estimate of drug-likeness (QED) is 0.906. The number of hydrogen-bond donors (Lipinski definition) is 2. The molecule has 0 spiro atoms. The number of amides is 2. The normalized spacial score (nSPS) is 10.1. The maximum Gasteiger partial charge on any atom is 0.255 e. The first-order valence-electron chi connectivity index (χ1n) is 5.95. The van der Waals surface area contributed by atoms with E-state index in [9.17, 15) is 9.59 Å². The van der Waals surface area contributed by atoms with Crippen LogP contribution in [-0.4, -0.2) is 11.8 Å². The van der Waals surface area contributed by atoms with Crippen LogP contribution in [0.4, 0.5) is 5.69 Å². The Morgan fingerprint density at radius 2 is 1.75 bits per heavy atom. The maximum atomic E-state index is 12.2. The van der Waals surface area contributed by atoms with Gasteiger partial charge in [-0.25, -0.2) is 0 Å². The molecule has 5 heteroatoms. The van der Waals surface area contributed by atoms with Crippen molar-refractivity contribution in [3.05, 3.63) is 63.6 Å². The monoisotopic (exact) mass is 332 g/mol. The lowest BCUT2D eigenvalue weighted by atomic mass is 10.1. The van der Waals surface area contributed by atoms with Crippen molar-refractivity contribution in [1.82, 2.24) is 0 Å². The topological polar surface area (TPSA) is 72.2 Å². The zero-order chi connectivity index (χ0) is 14.7. The average Bonchev–Trinajstić information content (AvgIpc) is 2.44. The van der Waals surface area contributed by atoms with Gasteiger partial charge in [0.05, 0.1) is 5.69 Å². The van der Waals surface area contributed by atoms with Crippen molar-refractivity contribution in [1.29, 1.82) is 0 Å². The number of aryl methyl sites for hydroxylation is 1. The summed E-state index contributed by atoms with van der Waals surface area (Å²) >= 11 is 3.43. The third kappa shape index (κ3) is 3.05. The van der Waals surface area contributed by atoms with E-state index in [0.29, 0.717) is 16.8 Å². The number of primary amides is 1. The van der Waals surface area contributed by atoms with Crippen LogP contribution in [0.2, 0.25) is 0 Å². The van der Waals surface area contributed by atoms with Crippen molar-refractivity contribution >= 4 is 33.4 Å². The van der Waals surface area contributed by atoms with Crippen LogP contribution in [0, 0.1) is 6.92 Å². The molecule has 0 atom stereocenters. The maximum absolute atomic E-state index is 12.2. The van der Waals surface area contributed by atoms with Gasteiger partial charge in [0.15, 0.2) is 0 Å². The van der Waals surface area contributed by atoms with E-state index in [0.717, 1.165) is 10.0 Å². The summed E-state index contributed by atoms with van der Waals surface area (Å²) in [6, 6.07) is 11.9. The van der Waals surface area contributed by atoms with E-state index in [-0.39, 0.29) is 5.91 Å². The number of nitrogens with two attached hydrogens (primary N) is 1. The van der Waals surface area contributed by atoms with Crippen LogP contribution < -0.4 is 11.1 Å². The number of hydrogen-bond acceptors (Lipinski definition) is 2. The van der Waals surface area contributed by atoms with Crippen molar-refractivity contribution in [2.24, 2.45) is 5.73 Å². The fourth-order valence-corrected chi connectivity index (χ4v) is 2.12. The van der Waals surface area contributed by atoms with Crippen molar-refractivity contribution in [2.75, 3.05) is 5.32 Å². The van der Waals surface area contributed by atoms with Gasteiger partial charge in [-0.3, -0.25) is 9.59 Å². The Kier molecular flexibility index (Phi) is 4.20. The fourth-order valence-electron chi connectivity index (χ4n) is 1.75. The van der Waals surface area contributed by atoms with Crippen LogP contribution >= 0.6 is 15.9 Å². The van der Waals surface area contributed by atoms with Crippen LogP contribution in [0.5, 0.6) is 0 Å². The zero-order valence-electron chi connectivity index (χ0n) is 10.8. The summed E-state index contributed by atoms with van der Waals surface area (Å²) in [6.07, 6.45) is 0. The van der Waals surface area contributed by atoms with Gasteiger partial charge in [-0.1, -0.05) is 18.2 Å². The summed E-state index contributed by atoms with van der Waals surface area (Å²) in [4.78, 5) is 23.3. The Morgan fingerprint density at radius 3 is 2.45 bits per heavy atom. The Balaban J connectivity index is 2.26. The number of nitrogens with one attached hydrogen (secondary N) is 1. The minimum atomic E-state index is -0.559. The van der Waals surface area contributed by atoms with Gasteiger partial charge in [0.25, 0.3) is 5.91 Å². The summed E-state index contributed by atoms with van der Waals surface area (Å²) in [6.45, 7) is 1.94. The molecule has 0 unspecified atom stereocenters. The smallest absolute Gasteiger partial charge is 0.255 e. The molecule has 2 aromatic carbocycles. The van der Waals surface area contributed by atoms with E-state index in [1.165, 1.54) is 6.07 Å². The Morgan fingerprint density at radius 1 is 1.10 bits per heavy atom. The summed E-state index contributed by atoms with van der Waals surface area (Å²) < 4.78 is 0.833. The standard InChI is InChI=1S/C15H13BrN2O2/c1-9-4-2-7-12(13(9)16)18-15(20)11-6-3-5-10(8-11)14(17)19/h2-8H,1H3,(H2,17,19)(H,18,20). The van der Waals surface area contributed by atoms with Crippen LogP contribution in [0.3, 0.4) is 0 Å². The Labute approximate surface area is 125 Å². The van der Waals surface area contributed by atoms with Crippen molar-refractivity contribution in [3.8, 4) is 0 Å². The highest BCUT2D eigenvalue weighted by Crippen LogP contribution is 2.26. The largest absolute Gasteiger partial charge is 0.366 e. The molecule has 0 saturated heterocycles. The van der Waals surface area contributed by atoms with E-state index in [2.05, 4.69) is 21.2 Å². The van der Waals surface area contributed by atoms with Gasteiger partial charge in [-0.05, 0) is 52.7 Å². The number of rotatable bonds is 3. The van der Waals surface area contributed by atoms with E-state index in [1.54, 1.807) is 24.3 Å². The number of carbonyl (C=O) groups excluding carboxylic acids is 2. The first kappa shape index (κ1) is 14.3. The predicted molar refractivity (Wildman–Crippen MR) is 81.8 cm³/mol. The second-order valence-electron chi connectivity index (χ2n) is 4.34. The molecule has 0 heterocycles. The Bertz CT molecular complexity index is 683. The second kappa shape index (κ2) is 5.88. The molecule has 0 aliphatic carbocycles. The van der Waals surface area contributed by atoms with E-state index in [4.69, 9.17) is 5.73 Å². The predicted octanol–water partition coefficient (Wildman–Crippen LogP) is 3.11. The molecule has 0 aliphatic heterocycles. The lowest BCUT2D eigenvalue weighted by Crippen LogP contribution is -2.15. The molecule has 2 aromatic rings. The van der Waals surface area contributed by atoms with Gasteiger partial charge >= 0.3 is 0 Å². The van der Waals surface area contributed by atoms with Gasteiger partial charge in [-0.15, -0.1) is 0 Å². The molecule has 0 saturated carbocycles. The lowest BCUT2D eigenvalue weighted by Gasteiger charge is -2.09. The molecular weight excluding hydrogens is 320 g/mol. The highest BCUT2D eigenvalue weighted by atomic mass is 79.9. The lowest BCUT2D eigenvalue weighted by molar-refractivity contribution is 0.1000. The molecule has 3 N–H and O–H groups in total. The third-order valence-electron chi connectivity index (χ3n) is 2.85. The summed E-state index contributed by atoms with van der Waals surface area (Å²) in [7, 11) is 0. The number of anilines is 1. The SMILES string of the molecule is Cc1cccc(NC(=O)c2cccc(C(N)=O)c2)c1Br. The van der Waals surface area contributed by atoms with E-state index in [1.807, 2.05) is 19.1 Å². The molecular formula is C15H13BrN2O2. The molecule has 102 valence electrons. The van der Waals surface area contributed by atoms with E-state index >= 15 is 0 Å². The number of benzene rings is 2. The molecule has 2 amide bonds. The highest BCUT2D eigenvalue weighted by molar-refractivity contribution is 9.10. The van der Waals surface area contributed by atoms with Gasteiger partial charge < -0.3 is 11.1 Å². The van der Waals surface area contributed by atoms with Gasteiger partial charge in [0, 0.05) is 15.6 Å². The minimum absolute atomic E-state index is 0.292. The van der Waals surface area contributed by atoms with Crippen molar-refractivity contribution < 1.29 is 9.59 Å². The molecule has 20 heavy (non-hydrogen) atoms. The fraction of sp³-hybridized carbons (Fsp3) is 0.0667. The molecule has 4 nitrogen and oxygen atoms in total. The minimum Gasteiger partial charge on any atom is -0.366 e. The number of carbonyl (C=O) groups is 2. The molecule has 0 aromatic heterocycles. The third-order valence-corrected chi connectivity index (χ3v) is 3.90. The molecule has 0 fully saturated rings. The van der Waals surface area contributed by atoms with Crippen LogP contribution in [-0.2, 0) is 0 Å². The van der Waals surface area contributed by atoms with Gasteiger partial charge in [-0.2, -0.15) is 0 Å². The summed E-state index contributed by atoms with van der Waals surface area (Å²) in [5.74, 6) is -0.851. The highest BCUT2D eigenvalue weighted by Gasteiger charge is 2.11. The second-order valence-corrected chi connectivity index (χ2v) is 5.13. The first-order valence-corrected chi connectivity index (χ1v) is 6.74. The molecule has 2 rings (SSSR count). The van der Waals surface area contributed by atoms with Crippen molar-refractivity contribution in [2.45, 2.75) is 6.92 Å². The van der Waals surface area contributed by atoms with E-state index < -0.39 is 5.91 Å². The summed E-state index contributed by atoms with van der Waals surface area (Å²) in [5, 5.41) is 2.80. The number of halogens is 1.